The van der Waals surface area contributed by atoms with Gasteiger partial charge in [0.15, 0.2) is 0 Å². The van der Waals surface area contributed by atoms with Gasteiger partial charge < -0.3 is 4.90 Å². The summed E-state index contributed by atoms with van der Waals surface area (Å²) < 4.78 is 1.04. The molecule has 4 heteroatoms. The van der Waals surface area contributed by atoms with E-state index in [1.807, 2.05) is 12.1 Å². The molecule has 1 unspecified atom stereocenters. The number of anilines is 1. The number of benzene rings is 1. The van der Waals surface area contributed by atoms with Gasteiger partial charge in [-0.05, 0) is 47.4 Å². The molecule has 2 saturated heterocycles. The highest BCUT2D eigenvalue weighted by Gasteiger charge is 2.31. The second-order valence-electron chi connectivity index (χ2n) is 4.85. The van der Waals surface area contributed by atoms with Crippen LogP contribution in [0.3, 0.4) is 0 Å². The van der Waals surface area contributed by atoms with Crippen LogP contribution in [-0.2, 0) is 0 Å². The van der Waals surface area contributed by atoms with E-state index in [9.17, 15) is 0 Å². The van der Waals surface area contributed by atoms with E-state index < -0.39 is 0 Å². The Balaban J connectivity index is 1.82. The predicted octanol–water partition coefficient (Wildman–Crippen LogP) is 3.39. The van der Waals surface area contributed by atoms with E-state index in [-0.39, 0.29) is 0 Å². The first-order chi connectivity index (χ1) is 8.25. The average molecular weight is 316 g/mol. The molecule has 0 spiro atoms. The Bertz CT molecular complexity index is 424. The molecule has 0 aliphatic carbocycles. The molecule has 2 aliphatic heterocycles. The van der Waals surface area contributed by atoms with Crippen LogP contribution in [0, 0.1) is 0 Å². The first-order valence-electron chi connectivity index (χ1n) is 6.19. The molecule has 2 heterocycles. The minimum Gasteiger partial charge on any atom is -0.368 e. The Morgan fingerprint density at radius 3 is 3.00 bits per heavy atom. The molecule has 92 valence electrons. The lowest BCUT2D eigenvalue weighted by Gasteiger charge is -2.39. The Labute approximate surface area is 116 Å². The highest BCUT2D eigenvalue weighted by atomic mass is 79.9. The van der Waals surface area contributed by atoms with Crippen molar-refractivity contribution in [1.82, 2.24) is 4.90 Å². The zero-order valence-corrected chi connectivity index (χ0v) is 12.0. The first-order valence-corrected chi connectivity index (χ1v) is 7.36. The summed E-state index contributed by atoms with van der Waals surface area (Å²) in [6, 6.07) is 6.86. The lowest BCUT2D eigenvalue weighted by molar-refractivity contribution is 0.231. The molecule has 0 radical (unpaired) electrons. The number of nitrogens with zero attached hydrogens (tertiary/aromatic N) is 2. The third-order valence-corrected chi connectivity index (χ3v) is 5.24. The monoisotopic (exact) mass is 314 g/mol. The molecule has 17 heavy (non-hydrogen) atoms. The second kappa shape index (κ2) is 4.79. The smallest absolute Gasteiger partial charge is 0.0595 e. The fourth-order valence-electron chi connectivity index (χ4n) is 2.95. The summed E-state index contributed by atoms with van der Waals surface area (Å²) >= 11 is 9.76. The summed E-state index contributed by atoms with van der Waals surface area (Å²) in [6.45, 7) is 4.72. The maximum Gasteiger partial charge on any atom is 0.0595 e. The topological polar surface area (TPSA) is 6.48 Å². The molecule has 0 bridgehead atoms. The predicted molar refractivity (Wildman–Crippen MR) is 76.0 cm³/mol. The van der Waals surface area contributed by atoms with E-state index in [0.29, 0.717) is 0 Å². The molecular weight excluding hydrogens is 300 g/mol. The molecule has 3 rings (SSSR count). The molecular formula is C13H16BrClN2. The van der Waals surface area contributed by atoms with Crippen molar-refractivity contribution in [2.45, 2.75) is 18.9 Å². The lowest BCUT2D eigenvalue weighted by atomic mass is 10.1. The standard InChI is InChI=1S/C13H16BrClN2/c14-13-11(15)4-1-5-12(13)17-8-7-16-6-2-3-10(16)9-17/h1,4-5,10H,2-3,6-9H2. The molecule has 0 aromatic heterocycles. The van der Waals surface area contributed by atoms with Crippen molar-refractivity contribution >= 4 is 33.2 Å². The Kier molecular flexibility index (Phi) is 3.33. The van der Waals surface area contributed by atoms with Crippen molar-refractivity contribution in [3.63, 3.8) is 0 Å². The SMILES string of the molecule is Clc1cccc(N2CCN3CCCC3C2)c1Br. The van der Waals surface area contributed by atoms with E-state index in [0.717, 1.165) is 28.6 Å². The number of hydrogen-bond acceptors (Lipinski definition) is 2. The van der Waals surface area contributed by atoms with Gasteiger partial charge in [0.05, 0.1) is 15.2 Å². The minimum absolute atomic E-state index is 0.745. The third kappa shape index (κ3) is 2.20. The third-order valence-electron chi connectivity index (χ3n) is 3.86. The first kappa shape index (κ1) is 11.8. The fraction of sp³-hybridized carbons (Fsp3) is 0.538. The van der Waals surface area contributed by atoms with Crippen LogP contribution in [0.2, 0.25) is 5.02 Å². The van der Waals surface area contributed by atoms with Crippen LogP contribution < -0.4 is 4.90 Å². The van der Waals surface area contributed by atoms with Crippen molar-refractivity contribution in [2.75, 3.05) is 31.1 Å². The largest absolute Gasteiger partial charge is 0.368 e. The van der Waals surface area contributed by atoms with Crippen molar-refractivity contribution in [3.8, 4) is 0 Å². The minimum atomic E-state index is 0.745. The van der Waals surface area contributed by atoms with Gasteiger partial charge >= 0.3 is 0 Å². The van der Waals surface area contributed by atoms with Crippen LogP contribution in [-0.4, -0.2) is 37.1 Å². The number of hydrogen-bond donors (Lipinski definition) is 0. The Morgan fingerprint density at radius 1 is 1.24 bits per heavy atom. The van der Waals surface area contributed by atoms with E-state index in [1.165, 1.54) is 31.6 Å². The summed E-state index contributed by atoms with van der Waals surface area (Å²) in [5.74, 6) is 0. The molecule has 1 aromatic carbocycles. The lowest BCUT2D eigenvalue weighted by Crippen LogP contribution is -2.50. The summed E-state index contributed by atoms with van der Waals surface area (Å²) in [7, 11) is 0. The Hall–Kier alpha value is -0.250. The number of piperazine rings is 1. The zero-order valence-electron chi connectivity index (χ0n) is 9.70. The van der Waals surface area contributed by atoms with Gasteiger partial charge in [-0.3, -0.25) is 4.90 Å². The van der Waals surface area contributed by atoms with Crippen LogP contribution in [0.4, 0.5) is 5.69 Å². The van der Waals surface area contributed by atoms with Crippen LogP contribution in [0.1, 0.15) is 12.8 Å². The highest BCUT2D eigenvalue weighted by molar-refractivity contribution is 9.10. The normalized spacial score (nSPS) is 25.1. The van der Waals surface area contributed by atoms with Gasteiger partial charge in [0.25, 0.3) is 0 Å². The Morgan fingerprint density at radius 2 is 2.12 bits per heavy atom. The summed E-state index contributed by atoms with van der Waals surface area (Å²) in [4.78, 5) is 5.08. The van der Waals surface area contributed by atoms with Crippen LogP contribution in [0.15, 0.2) is 22.7 Å². The maximum absolute atomic E-state index is 6.16. The molecule has 1 aromatic rings. The van der Waals surface area contributed by atoms with Gasteiger partial charge in [-0.2, -0.15) is 0 Å². The average Bonchev–Trinajstić information content (AvgIpc) is 2.79. The number of fused-ring (bicyclic) bond motifs is 1. The van der Waals surface area contributed by atoms with Crippen molar-refractivity contribution in [3.05, 3.63) is 27.7 Å². The second-order valence-corrected chi connectivity index (χ2v) is 6.05. The van der Waals surface area contributed by atoms with Crippen LogP contribution in [0.5, 0.6) is 0 Å². The molecule has 1 atom stereocenters. The zero-order chi connectivity index (χ0) is 11.8. The van der Waals surface area contributed by atoms with Gasteiger partial charge in [0.1, 0.15) is 0 Å². The maximum atomic E-state index is 6.16. The van der Waals surface area contributed by atoms with Crippen molar-refractivity contribution in [1.29, 1.82) is 0 Å². The van der Waals surface area contributed by atoms with Gasteiger partial charge in [-0.1, -0.05) is 17.7 Å². The number of halogens is 2. The molecule has 2 nitrogen and oxygen atoms in total. The van der Waals surface area contributed by atoms with Gasteiger partial charge in [-0.25, -0.2) is 0 Å². The van der Waals surface area contributed by atoms with E-state index >= 15 is 0 Å². The van der Waals surface area contributed by atoms with Crippen molar-refractivity contribution < 1.29 is 0 Å². The number of rotatable bonds is 1. The van der Waals surface area contributed by atoms with Crippen molar-refractivity contribution in [2.24, 2.45) is 0 Å². The fourth-order valence-corrected chi connectivity index (χ4v) is 3.63. The molecule has 0 saturated carbocycles. The summed E-state index contributed by atoms with van der Waals surface area (Å²) in [6.07, 6.45) is 2.70. The molecule has 0 N–H and O–H groups in total. The molecule has 2 aliphatic rings. The van der Waals surface area contributed by atoms with E-state index in [1.54, 1.807) is 0 Å². The van der Waals surface area contributed by atoms with Gasteiger partial charge in [-0.15, -0.1) is 0 Å². The summed E-state index contributed by atoms with van der Waals surface area (Å²) in [5.41, 5.74) is 1.24. The highest BCUT2D eigenvalue weighted by Crippen LogP contribution is 2.34. The van der Waals surface area contributed by atoms with Crippen LogP contribution >= 0.6 is 27.5 Å². The quantitative estimate of drug-likeness (QED) is 0.784. The van der Waals surface area contributed by atoms with Gasteiger partial charge in [0.2, 0.25) is 0 Å². The summed E-state index contributed by atoms with van der Waals surface area (Å²) in [5, 5.41) is 0.802. The van der Waals surface area contributed by atoms with Crippen LogP contribution in [0.25, 0.3) is 0 Å². The molecule has 0 amide bonds. The van der Waals surface area contributed by atoms with Gasteiger partial charge in [0, 0.05) is 25.7 Å². The molecule has 2 fully saturated rings. The van der Waals surface area contributed by atoms with E-state index in [2.05, 4.69) is 31.8 Å². The van der Waals surface area contributed by atoms with E-state index in [4.69, 9.17) is 11.6 Å².